The average Bonchev–Trinajstić information content (AvgIpc) is 3.02. The number of hydrogen-bond donors (Lipinski definition) is 1. The summed E-state index contributed by atoms with van der Waals surface area (Å²) in [7, 11) is 0. The molecule has 3 rings (SSSR count). The average molecular weight is 424 g/mol. The normalized spacial score (nSPS) is 11.7. The lowest BCUT2D eigenvalue weighted by atomic mass is 10.0. The molecule has 2 aromatic heterocycles. The molecule has 0 saturated heterocycles. The summed E-state index contributed by atoms with van der Waals surface area (Å²) in [6.45, 7) is 9.89. The van der Waals surface area contributed by atoms with Gasteiger partial charge in [-0.15, -0.1) is 0 Å². The Morgan fingerprint density at radius 1 is 1.19 bits per heavy atom. The van der Waals surface area contributed by atoms with Gasteiger partial charge in [0.2, 0.25) is 6.41 Å². The molecule has 1 amide bonds. The Kier molecular flexibility index (Phi) is 6.34. The van der Waals surface area contributed by atoms with Crippen molar-refractivity contribution in [2.24, 2.45) is 5.92 Å². The predicted molar refractivity (Wildman–Crippen MR) is 122 cm³/mol. The minimum absolute atomic E-state index is 0.155. The Bertz CT molecular complexity index is 1170. The smallest absolute Gasteiger partial charge is 0.419 e. The van der Waals surface area contributed by atoms with E-state index in [0.717, 1.165) is 22.9 Å². The van der Waals surface area contributed by atoms with Crippen molar-refractivity contribution in [1.29, 1.82) is 0 Å². The zero-order chi connectivity index (χ0) is 22.8. The lowest BCUT2D eigenvalue weighted by Crippen LogP contribution is -2.30. The monoisotopic (exact) mass is 423 g/mol. The number of pyridine rings is 1. The SMILES string of the molecule is CC(C)Cc1cccc2cc(Cn3cccc(NC=O)c3=O)n(C(=O)OC(C)(C)C)c12. The van der Waals surface area contributed by atoms with E-state index in [1.807, 2.05) is 45.0 Å². The first-order chi connectivity index (χ1) is 14.6. The fraction of sp³-hybridized carbons (Fsp3) is 0.375. The van der Waals surface area contributed by atoms with Gasteiger partial charge in [0.25, 0.3) is 5.56 Å². The van der Waals surface area contributed by atoms with Gasteiger partial charge in [-0.3, -0.25) is 9.59 Å². The lowest BCUT2D eigenvalue weighted by molar-refractivity contribution is -0.105. The lowest BCUT2D eigenvalue weighted by Gasteiger charge is -2.22. The molecule has 0 spiro atoms. The van der Waals surface area contributed by atoms with Crippen molar-refractivity contribution >= 4 is 29.1 Å². The molecule has 0 unspecified atom stereocenters. The van der Waals surface area contributed by atoms with Gasteiger partial charge in [0.1, 0.15) is 11.3 Å². The van der Waals surface area contributed by atoms with Crippen LogP contribution in [-0.2, 0) is 22.5 Å². The van der Waals surface area contributed by atoms with Crippen molar-refractivity contribution in [1.82, 2.24) is 9.13 Å². The summed E-state index contributed by atoms with van der Waals surface area (Å²) >= 11 is 0. The summed E-state index contributed by atoms with van der Waals surface area (Å²) in [5, 5.41) is 3.33. The van der Waals surface area contributed by atoms with E-state index in [1.54, 1.807) is 16.8 Å². The van der Waals surface area contributed by atoms with E-state index in [2.05, 4.69) is 19.2 Å². The highest BCUT2D eigenvalue weighted by Crippen LogP contribution is 2.27. The number of benzene rings is 1. The third-order valence-electron chi connectivity index (χ3n) is 4.75. The van der Waals surface area contributed by atoms with Crippen molar-refractivity contribution in [2.75, 3.05) is 5.32 Å². The molecule has 164 valence electrons. The molecule has 2 heterocycles. The summed E-state index contributed by atoms with van der Waals surface area (Å²) in [6.07, 6.45) is 2.42. The summed E-state index contributed by atoms with van der Waals surface area (Å²) in [5.74, 6) is 0.407. The highest BCUT2D eigenvalue weighted by atomic mass is 16.6. The Labute approximate surface area is 181 Å². The maximum Gasteiger partial charge on any atom is 0.419 e. The number of anilines is 1. The number of fused-ring (bicyclic) bond motifs is 1. The van der Waals surface area contributed by atoms with Gasteiger partial charge in [-0.05, 0) is 56.9 Å². The molecular weight excluding hydrogens is 394 g/mol. The van der Waals surface area contributed by atoms with E-state index in [4.69, 9.17) is 4.74 Å². The van der Waals surface area contributed by atoms with E-state index in [0.29, 0.717) is 18.0 Å². The fourth-order valence-corrected chi connectivity index (χ4v) is 3.63. The molecule has 7 nitrogen and oxygen atoms in total. The van der Waals surface area contributed by atoms with Crippen LogP contribution >= 0.6 is 0 Å². The predicted octanol–water partition coefficient (Wildman–Crippen LogP) is 4.40. The molecule has 1 N–H and O–H groups in total. The molecular formula is C24H29N3O4. The molecule has 1 aromatic carbocycles. The molecule has 0 atom stereocenters. The van der Waals surface area contributed by atoms with E-state index < -0.39 is 11.7 Å². The summed E-state index contributed by atoms with van der Waals surface area (Å²) in [6, 6.07) is 11.1. The van der Waals surface area contributed by atoms with Gasteiger partial charge in [-0.25, -0.2) is 9.36 Å². The van der Waals surface area contributed by atoms with Gasteiger partial charge in [0.05, 0.1) is 17.8 Å². The van der Waals surface area contributed by atoms with Crippen LogP contribution in [0.4, 0.5) is 10.5 Å². The van der Waals surface area contributed by atoms with E-state index >= 15 is 0 Å². The van der Waals surface area contributed by atoms with E-state index in [-0.39, 0.29) is 17.8 Å². The number of nitrogens with one attached hydrogen (secondary N) is 1. The second-order valence-corrected chi connectivity index (χ2v) is 9.02. The molecule has 31 heavy (non-hydrogen) atoms. The van der Waals surface area contributed by atoms with Crippen LogP contribution in [0.5, 0.6) is 0 Å². The number of carbonyl (C=O) groups is 2. The molecule has 0 aliphatic carbocycles. The third-order valence-corrected chi connectivity index (χ3v) is 4.75. The fourth-order valence-electron chi connectivity index (χ4n) is 3.63. The highest BCUT2D eigenvalue weighted by molar-refractivity contribution is 5.93. The largest absolute Gasteiger partial charge is 0.443 e. The molecule has 0 fully saturated rings. The van der Waals surface area contributed by atoms with Crippen LogP contribution in [0.3, 0.4) is 0 Å². The van der Waals surface area contributed by atoms with E-state index in [9.17, 15) is 14.4 Å². The Balaban J connectivity index is 2.18. The summed E-state index contributed by atoms with van der Waals surface area (Å²) in [4.78, 5) is 36.7. The number of carbonyl (C=O) groups excluding carboxylic acids is 2. The maximum atomic E-state index is 13.2. The van der Waals surface area contributed by atoms with Gasteiger partial charge < -0.3 is 14.6 Å². The molecule has 0 bridgehead atoms. The number of ether oxygens (including phenoxy) is 1. The van der Waals surface area contributed by atoms with Crippen LogP contribution < -0.4 is 10.9 Å². The van der Waals surface area contributed by atoms with Gasteiger partial charge in [0.15, 0.2) is 0 Å². The van der Waals surface area contributed by atoms with Crippen LogP contribution in [0.2, 0.25) is 0 Å². The third kappa shape index (κ3) is 5.05. The molecule has 0 saturated carbocycles. The number of rotatable bonds is 6. The molecule has 7 heteroatoms. The zero-order valence-electron chi connectivity index (χ0n) is 18.6. The van der Waals surface area contributed by atoms with Crippen molar-refractivity contribution in [3.05, 3.63) is 64.2 Å². The van der Waals surface area contributed by atoms with Crippen LogP contribution in [0.1, 0.15) is 45.9 Å². The van der Waals surface area contributed by atoms with Gasteiger partial charge in [-0.2, -0.15) is 0 Å². The van der Waals surface area contributed by atoms with Crippen LogP contribution in [0.25, 0.3) is 10.9 Å². The first-order valence-electron chi connectivity index (χ1n) is 10.4. The highest BCUT2D eigenvalue weighted by Gasteiger charge is 2.24. The number of hydrogen-bond acceptors (Lipinski definition) is 4. The molecule has 0 aliphatic rings. The Morgan fingerprint density at radius 2 is 1.94 bits per heavy atom. The van der Waals surface area contributed by atoms with Crippen LogP contribution in [-0.4, -0.2) is 27.2 Å². The number of para-hydroxylation sites is 1. The first kappa shape index (κ1) is 22.3. The Morgan fingerprint density at radius 3 is 2.58 bits per heavy atom. The molecule has 3 aromatic rings. The van der Waals surface area contributed by atoms with Crippen molar-refractivity contribution in [3.63, 3.8) is 0 Å². The van der Waals surface area contributed by atoms with E-state index in [1.165, 1.54) is 10.6 Å². The molecule has 0 radical (unpaired) electrons. The van der Waals surface area contributed by atoms with Gasteiger partial charge in [0, 0.05) is 11.6 Å². The Hall–Kier alpha value is -3.35. The number of aromatic nitrogens is 2. The van der Waals surface area contributed by atoms with Gasteiger partial charge in [-0.1, -0.05) is 32.0 Å². The van der Waals surface area contributed by atoms with Crippen molar-refractivity contribution in [2.45, 2.75) is 53.2 Å². The van der Waals surface area contributed by atoms with Crippen LogP contribution in [0.15, 0.2) is 47.4 Å². The second kappa shape index (κ2) is 8.79. The topological polar surface area (TPSA) is 82.3 Å². The van der Waals surface area contributed by atoms with Crippen molar-refractivity contribution in [3.8, 4) is 0 Å². The minimum Gasteiger partial charge on any atom is -0.443 e. The van der Waals surface area contributed by atoms with Crippen molar-refractivity contribution < 1.29 is 14.3 Å². The standard InChI is InChI=1S/C24H29N3O4/c1-16(2)12-17-8-6-9-18-13-19(27(21(17)18)23(30)31-24(3,4)5)14-26-11-7-10-20(22(26)29)25-15-28/h6-11,13,15-16H,12,14H2,1-5H3,(H,25,28). The minimum atomic E-state index is -0.664. The molecule has 0 aliphatic heterocycles. The second-order valence-electron chi connectivity index (χ2n) is 9.02. The number of nitrogens with zero attached hydrogens (tertiary/aromatic N) is 2. The first-order valence-corrected chi connectivity index (χ1v) is 10.4. The quantitative estimate of drug-likeness (QED) is 0.596. The number of amides is 1. The maximum absolute atomic E-state index is 13.2. The zero-order valence-corrected chi connectivity index (χ0v) is 18.6. The van der Waals surface area contributed by atoms with Crippen LogP contribution in [0, 0.1) is 5.92 Å². The summed E-state index contributed by atoms with van der Waals surface area (Å²) in [5.41, 5.74) is 1.65. The van der Waals surface area contributed by atoms with Gasteiger partial charge >= 0.3 is 6.09 Å². The summed E-state index contributed by atoms with van der Waals surface area (Å²) < 4.78 is 8.73.